The number of benzene rings is 2. The Kier molecular flexibility index (Phi) is 4.24. The summed E-state index contributed by atoms with van der Waals surface area (Å²) in [6.07, 6.45) is 0. The molecule has 3 aromatic rings. The van der Waals surface area contributed by atoms with Gasteiger partial charge in [0.25, 0.3) is 11.5 Å². The topological polar surface area (TPSA) is 66.1 Å². The molecular weight excluding hydrogens is 302 g/mol. The first kappa shape index (κ1) is 15.7. The van der Waals surface area contributed by atoms with Crippen LogP contribution < -0.4 is 5.56 Å². The molecule has 0 aliphatic carbocycles. The molecule has 0 spiro atoms. The van der Waals surface area contributed by atoms with E-state index in [2.05, 4.69) is 10.2 Å². The maximum absolute atomic E-state index is 12.6. The first-order valence-corrected chi connectivity index (χ1v) is 7.54. The molecule has 1 heterocycles. The maximum Gasteiger partial charge on any atom is 0.277 e. The van der Waals surface area contributed by atoms with Gasteiger partial charge in [-0.1, -0.05) is 60.7 Å². The van der Waals surface area contributed by atoms with Gasteiger partial charge in [-0.2, -0.15) is 5.10 Å². The van der Waals surface area contributed by atoms with Crippen molar-refractivity contribution in [2.45, 2.75) is 0 Å². The summed E-state index contributed by atoms with van der Waals surface area (Å²) in [5.74, 6) is -0.352. The largest absolute Gasteiger partial charge is 0.345 e. The minimum absolute atomic E-state index is 0.0973. The van der Waals surface area contributed by atoms with Crippen molar-refractivity contribution in [1.29, 1.82) is 0 Å². The van der Waals surface area contributed by atoms with E-state index in [1.165, 1.54) is 4.90 Å². The van der Waals surface area contributed by atoms with Gasteiger partial charge in [0.1, 0.15) is 5.56 Å². The lowest BCUT2D eigenvalue weighted by Crippen LogP contribution is -2.30. The van der Waals surface area contributed by atoms with Crippen molar-refractivity contribution < 1.29 is 4.79 Å². The van der Waals surface area contributed by atoms with Crippen LogP contribution in [0.4, 0.5) is 0 Å². The molecule has 5 nitrogen and oxygen atoms in total. The molecule has 1 amide bonds. The number of H-pyrrole nitrogens is 1. The van der Waals surface area contributed by atoms with Crippen molar-refractivity contribution >= 4 is 5.91 Å². The lowest BCUT2D eigenvalue weighted by Gasteiger charge is -2.16. The van der Waals surface area contributed by atoms with Crippen molar-refractivity contribution in [2.24, 2.45) is 0 Å². The Morgan fingerprint density at radius 1 is 0.917 bits per heavy atom. The number of amides is 1. The predicted octanol–water partition coefficient (Wildman–Crippen LogP) is 2.81. The number of carbonyl (C=O) groups excluding carboxylic acids is 1. The average molecular weight is 319 g/mol. The van der Waals surface area contributed by atoms with Crippen LogP contribution in [0.1, 0.15) is 10.4 Å². The first-order valence-electron chi connectivity index (χ1n) is 7.54. The molecule has 120 valence electrons. The Hall–Kier alpha value is -3.21. The second kappa shape index (κ2) is 6.50. The standard InChI is InChI=1S/C19H17N3O2/c1-22(2)19(24)16-15(13-9-5-3-6-10-13)17(20-21-18(16)23)14-11-7-4-8-12-14/h3-12H,1-2H3,(H,21,23). The van der Waals surface area contributed by atoms with Crippen molar-refractivity contribution in [3.63, 3.8) is 0 Å². The summed E-state index contributed by atoms with van der Waals surface area (Å²) in [5, 5.41) is 6.68. The van der Waals surface area contributed by atoms with Crippen LogP contribution in [0.3, 0.4) is 0 Å². The van der Waals surface area contributed by atoms with E-state index in [1.54, 1.807) is 14.1 Å². The minimum atomic E-state index is -0.493. The molecule has 1 N–H and O–H groups in total. The van der Waals surface area contributed by atoms with Gasteiger partial charge < -0.3 is 4.90 Å². The molecule has 24 heavy (non-hydrogen) atoms. The zero-order valence-corrected chi connectivity index (χ0v) is 13.5. The van der Waals surface area contributed by atoms with Crippen LogP contribution in [-0.2, 0) is 0 Å². The second-order valence-electron chi connectivity index (χ2n) is 5.58. The van der Waals surface area contributed by atoms with Gasteiger partial charge in [-0.15, -0.1) is 0 Å². The normalized spacial score (nSPS) is 10.4. The SMILES string of the molecule is CN(C)C(=O)c1c(-c2ccccc2)c(-c2ccccc2)n[nH]c1=O. The maximum atomic E-state index is 12.6. The number of rotatable bonds is 3. The molecule has 0 unspecified atom stereocenters. The summed E-state index contributed by atoms with van der Waals surface area (Å²) in [7, 11) is 3.25. The van der Waals surface area contributed by atoms with Gasteiger partial charge in [-0.3, -0.25) is 9.59 Å². The van der Waals surface area contributed by atoms with Crippen LogP contribution in [0.5, 0.6) is 0 Å². The Morgan fingerprint density at radius 2 is 1.46 bits per heavy atom. The molecule has 1 aromatic heterocycles. The molecule has 5 heteroatoms. The van der Waals surface area contributed by atoms with Gasteiger partial charge >= 0.3 is 0 Å². The monoisotopic (exact) mass is 319 g/mol. The molecule has 0 bridgehead atoms. The number of hydrogen-bond donors (Lipinski definition) is 1. The van der Waals surface area contributed by atoms with Gasteiger partial charge in [0.15, 0.2) is 0 Å². The fourth-order valence-electron chi connectivity index (χ4n) is 2.57. The quantitative estimate of drug-likeness (QED) is 0.807. The highest BCUT2D eigenvalue weighted by molar-refractivity contribution is 6.03. The number of nitrogens with one attached hydrogen (secondary N) is 1. The van der Waals surface area contributed by atoms with Gasteiger partial charge in [0, 0.05) is 25.2 Å². The van der Waals surface area contributed by atoms with Crippen molar-refractivity contribution in [1.82, 2.24) is 15.1 Å². The zero-order chi connectivity index (χ0) is 17.1. The Balaban J connectivity index is 2.38. The highest BCUT2D eigenvalue weighted by atomic mass is 16.2. The van der Waals surface area contributed by atoms with Gasteiger partial charge in [0.2, 0.25) is 0 Å². The van der Waals surface area contributed by atoms with E-state index >= 15 is 0 Å². The van der Waals surface area contributed by atoms with E-state index in [4.69, 9.17) is 0 Å². The predicted molar refractivity (Wildman–Crippen MR) is 93.7 cm³/mol. The molecule has 0 atom stereocenters. The van der Waals surface area contributed by atoms with Crippen LogP contribution in [-0.4, -0.2) is 35.1 Å². The lowest BCUT2D eigenvalue weighted by atomic mass is 9.95. The summed E-state index contributed by atoms with van der Waals surface area (Å²) in [6.45, 7) is 0. The number of nitrogens with zero attached hydrogens (tertiary/aromatic N) is 2. The summed E-state index contributed by atoms with van der Waals surface area (Å²) in [4.78, 5) is 26.4. The van der Waals surface area contributed by atoms with E-state index in [0.717, 1.165) is 11.1 Å². The molecular formula is C19H17N3O2. The third-order valence-electron chi connectivity index (χ3n) is 3.71. The second-order valence-corrected chi connectivity index (χ2v) is 5.58. The van der Waals surface area contributed by atoms with Crippen LogP contribution in [0.2, 0.25) is 0 Å². The van der Waals surface area contributed by atoms with Crippen molar-refractivity contribution in [2.75, 3.05) is 14.1 Å². The van der Waals surface area contributed by atoms with Gasteiger partial charge in [0.05, 0.1) is 5.69 Å². The summed E-state index contributed by atoms with van der Waals surface area (Å²) < 4.78 is 0. The fraction of sp³-hybridized carbons (Fsp3) is 0.105. The Morgan fingerprint density at radius 3 is 2.00 bits per heavy atom. The smallest absolute Gasteiger partial charge is 0.277 e. The zero-order valence-electron chi connectivity index (χ0n) is 13.5. The van der Waals surface area contributed by atoms with E-state index in [9.17, 15) is 9.59 Å². The van der Waals surface area contributed by atoms with E-state index < -0.39 is 5.56 Å². The molecule has 0 radical (unpaired) electrons. The highest BCUT2D eigenvalue weighted by Gasteiger charge is 2.23. The molecule has 3 rings (SSSR count). The van der Waals surface area contributed by atoms with Crippen LogP contribution >= 0.6 is 0 Å². The fourth-order valence-corrected chi connectivity index (χ4v) is 2.57. The molecule has 2 aromatic carbocycles. The molecule has 0 fully saturated rings. The molecule has 0 saturated heterocycles. The van der Waals surface area contributed by atoms with Crippen LogP contribution in [0.15, 0.2) is 65.5 Å². The number of aromatic nitrogens is 2. The molecule has 0 aliphatic heterocycles. The first-order chi connectivity index (χ1) is 11.6. The number of aromatic amines is 1. The Bertz CT molecular complexity index is 916. The van der Waals surface area contributed by atoms with Crippen molar-refractivity contribution in [3.05, 3.63) is 76.6 Å². The van der Waals surface area contributed by atoms with E-state index in [-0.39, 0.29) is 11.5 Å². The minimum Gasteiger partial charge on any atom is -0.345 e. The van der Waals surface area contributed by atoms with E-state index in [0.29, 0.717) is 11.3 Å². The molecule has 0 saturated carbocycles. The summed E-state index contributed by atoms with van der Waals surface area (Å²) in [5.41, 5.74) is 2.34. The summed E-state index contributed by atoms with van der Waals surface area (Å²) in [6, 6.07) is 18.9. The third kappa shape index (κ3) is 2.84. The third-order valence-corrected chi connectivity index (χ3v) is 3.71. The number of carbonyl (C=O) groups is 1. The van der Waals surface area contributed by atoms with Crippen molar-refractivity contribution in [3.8, 4) is 22.4 Å². The van der Waals surface area contributed by atoms with E-state index in [1.807, 2.05) is 60.7 Å². The van der Waals surface area contributed by atoms with Gasteiger partial charge in [-0.25, -0.2) is 5.10 Å². The molecule has 0 aliphatic rings. The van der Waals surface area contributed by atoms with Crippen LogP contribution in [0.25, 0.3) is 22.4 Å². The number of hydrogen-bond acceptors (Lipinski definition) is 3. The Labute approximate surface area is 139 Å². The lowest BCUT2D eigenvalue weighted by molar-refractivity contribution is 0.0826. The van der Waals surface area contributed by atoms with Crippen LogP contribution in [0, 0.1) is 0 Å². The highest BCUT2D eigenvalue weighted by Crippen LogP contribution is 2.31. The van der Waals surface area contributed by atoms with Gasteiger partial charge in [-0.05, 0) is 5.56 Å². The average Bonchev–Trinajstić information content (AvgIpc) is 2.62. The summed E-state index contributed by atoms with van der Waals surface area (Å²) >= 11 is 0.